The van der Waals surface area contributed by atoms with Crippen LogP contribution in [0.2, 0.25) is 0 Å². The first-order chi connectivity index (χ1) is 14.7. The van der Waals surface area contributed by atoms with Crippen molar-refractivity contribution in [1.29, 1.82) is 0 Å². The minimum atomic E-state index is -0.219. The molecule has 2 aromatic carbocycles. The Morgan fingerprint density at radius 1 is 1.17 bits per heavy atom. The lowest BCUT2D eigenvalue weighted by molar-refractivity contribution is 0.0501. The van der Waals surface area contributed by atoms with E-state index in [4.69, 9.17) is 14.2 Å². The molecule has 1 amide bonds. The molecule has 154 valence electrons. The smallest absolute Gasteiger partial charge is 0.258 e. The average Bonchev–Trinajstić information content (AvgIpc) is 3.44. The number of rotatable bonds is 5. The number of aromatic nitrogens is 2. The van der Waals surface area contributed by atoms with E-state index in [0.29, 0.717) is 46.9 Å². The molecule has 0 saturated carbocycles. The third-order valence-corrected chi connectivity index (χ3v) is 5.36. The van der Waals surface area contributed by atoms with Gasteiger partial charge >= 0.3 is 0 Å². The summed E-state index contributed by atoms with van der Waals surface area (Å²) in [6, 6.07) is 12.3. The van der Waals surface area contributed by atoms with Crippen molar-refractivity contribution in [3.8, 4) is 11.5 Å². The van der Waals surface area contributed by atoms with Crippen LogP contribution in [0, 0.1) is 0 Å². The molecule has 3 aromatic rings. The number of nitrogens with one attached hydrogen (secondary N) is 1. The lowest BCUT2D eigenvalue weighted by Gasteiger charge is -2.25. The molecular weight excluding hydrogens is 386 g/mol. The fraction of sp³-hybridized carbons (Fsp3) is 0.318. The van der Waals surface area contributed by atoms with E-state index in [0.717, 1.165) is 12.8 Å². The highest BCUT2D eigenvalue weighted by Gasteiger charge is 2.26. The van der Waals surface area contributed by atoms with Crippen molar-refractivity contribution in [3.63, 3.8) is 0 Å². The van der Waals surface area contributed by atoms with Gasteiger partial charge in [0.2, 0.25) is 6.79 Å². The summed E-state index contributed by atoms with van der Waals surface area (Å²) in [4.78, 5) is 34.8. The number of carbonyl (C=O) groups excluding carboxylic acids is 1. The molecule has 1 aromatic heterocycles. The largest absolute Gasteiger partial charge is 0.454 e. The molecule has 0 spiro atoms. The molecule has 30 heavy (non-hydrogen) atoms. The summed E-state index contributed by atoms with van der Waals surface area (Å²) in [5, 5.41) is 0.522. The number of para-hydroxylation sites is 1. The molecule has 2 aliphatic heterocycles. The highest BCUT2D eigenvalue weighted by molar-refractivity contribution is 5.95. The Kier molecular flexibility index (Phi) is 4.84. The quantitative estimate of drug-likeness (QED) is 0.698. The molecule has 1 fully saturated rings. The van der Waals surface area contributed by atoms with Gasteiger partial charge in [-0.05, 0) is 43.2 Å². The summed E-state index contributed by atoms with van der Waals surface area (Å²) in [5.74, 6) is 1.43. The van der Waals surface area contributed by atoms with E-state index < -0.39 is 0 Å². The van der Waals surface area contributed by atoms with E-state index in [9.17, 15) is 9.59 Å². The number of benzene rings is 2. The number of H-pyrrole nitrogens is 1. The van der Waals surface area contributed by atoms with Crippen molar-refractivity contribution < 1.29 is 19.0 Å². The first kappa shape index (κ1) is 18.6. The van der Waals surface area contributed by atoms with Gasteiger partial charge in [-0.15, -0.1) is 0 Å². The predicted octanol–water partition coefficient (Wildman–Crippen LogP) is 2.47. The molecule has 1 atom stereocenters. The molecule has 5 rings (SSSR count). The van der Waals surface area contributed by atoms with Crippen LogP contribution in [0.4, 0.5) is 0 Å². The van der Waals surface area contributed by atoms with Gasteiger partial charge in [-0.25, -0.2) is 4.98 Å². The van der Waals surface area contributed by atoms with E-state index in [1.54, 1.807) is 41.3 Å². The van der Waals surface area contributed by atoms with Crippen molar-refractivity contribution in [2.24, 2.45) is 0 Å². The maximum atomic E-state index is 13.3. The number of amides is 1. The van der Waals surface area contributed by atoms with Crippen LogP contribution in [0.25, 0.3) is 10.9 Å². The van der Waals surface area contributed by atoms with Gasteiger partial charge in [0, 0.05) is 18.7 Å². The molecular formula is C22H21N3O5. The van der Waals surface area contributed by atoms with E-state index in [2.05, 4.69) is 9.97 Å². The van der Waals surface area contributed by atoms with E-state index in [-0.39, 0.29) is 30.9 Å². The second-order valence-electron chi connectivity index (χ2n) is 7.42. The fourth-order valence-corrected chi connectivity index (χ4v) is 3.86. The third kappa shape index (κ3) is 3.61. The number of nitrogens with zero attached hydrogens (tertiary/aromatic N) is 2. The Morgan fingerprint density at radius 3 is 2.90 bits per heavy atom. The van der Waals surface area contributed by atoms with Crippen LogP contribution in [0.3, 0.4) is 0 Å². The first-order valence-corrected chi connectivity index (χ1v) is 9.96. The average molecular weight is 407 g/mol. The molecule has 1 N–H and O–H groups in total. The van der Waals surface area contributed by atoms with Crippen LogP contribution < -0.4 is 15.0 Å². The minimum absolute atomic E-state index is 0.0323. The molecule has 8 heteroatoms. The number of hydrogen-bond donors (Lipinski definition) is 1. The number of fused-ring (bicyclic) bond motifs is 2. The van der Waals surface area contributed by atoms with Gasteiger partial charge in [0.05, 0.1) is 23.6 Å². The molecule has 0 bridgehead atoms. The second-order valence-corrected chi connectivity index (χ2v) is 7.42. The van der Waals surface area contributed by atoms with Crippen molar-refractivity contribution in [3.05, 3.63) is 64.2 Å². The Balaban J connectivity index is 1.45. The van der Waals surface area contributed by atoms with Gasteiger partial charge in [-0.1, -0.05) is 12.1 Å². The van der Waals surface area contributed by atoms with Gasteiger partial charge in [0.25, 0.3) is 11.5 Å². The van der Waals surface area contributed by atoms with E-state index in [1.807, 2.05) is 6.07 Å². The van der Waals surface area contributed by atoms with Crippen LogP contribution in [0.5, 0.6) is 11.5 Å². The molecule has 0 radical (unpaired) electrons. The highest BCUT2D eigenvalue weighted by atomic mass is 16.7. The predicted molar refractivity (Wildman–Crippen MR) is 109 cm³/mol. The summed E-state index contributed by atoms with van der Waals surface area (Å²) >= 11 is 0. The van der Waals surface area contributed by atoms with Gasteiger partial charge in [-0.3, -0.25) is 9.59 Å². The number of hydrogen-bond acceptors (Lipinski definition) is 6. The molecule has 2 aliphatic rings. The Bertz CT molecular complexity index is 1150. The maximum Gasteiger partial charge on any atom is 0.258 e. The number of ether oxygens (including phenoxy) is 3. The highest BCUT2D eigenvalue weighted by Crippen LogP contribution is 2.33. The van der Waals surface area contributed by atoms with Crippen LogP contribution in [0.15, 0.2) is 47.3 Å². The number of aromatic amines is 1. The minimum Gasteiger partial charge on any atom is -0.454 e. The number of carbonyl (C=O) groups is 1. The molecule has 0 unspecified atom stereocenters. The normalized spacial score (nSPS) is 17.4. The monoisotopic (exact) mass is 407 g/mol. The van der Waals surface area contributed by atoms with Gasteiger partial charge in [0.15, 0.2) is 11.5 Å². The SMILES string of the molecule is O=C(c1ccc2c(c1)OCO2)N(Cc1nc2ccccc2c(=O)[nH]1)C[C@H]1CCCO1. The van der Waals surface area contributed by atoms with Crippen LogP contribution in [0.1, 0.15) is 29.0 Å². The van der Waals surface area contributed by atoms with E-state index in [1.165, 1.54) is 0 Å². The molecule has 0 aliphatic carbocycles. The van der Waals surface area contributed by atoms with Crippen LogP contribution in [-0.4, -0.2) is 46.8 Å². The lowest BCUT2D eigenvalue weighted by atomic mass is 10.1. The van der Waals surface area contributed by atoms with Gasteiger partial charge in [-0.2, -0.15) is 0 Å². The summed E-state index contributed by atoms with van der Waals surface area (Å²) < 4.78 is 16.5. The zero-order valence-corrected chi connectivity index (χ0v) is 16.3. The molecule has 8 nitrogen and oxygen atoms in total. The topological polar surface area (TPSA) is 93.8 Å². The van der Waals surface area contributed by atoms with Crippen molar-refractivity contribution >= 4 is 16.8 Å². The summed E-state index contributed by atoms with van der Waals surface area (Å²) in [7, 11) is 0. The van der Waals surface area contributed by atoms with Crippen LogP contribution >= 0.6 is 0 Å². The molecule has 3 heterocycles. The Morgan fingerprint density at radius 2 is 2.03 bits per heavy atom. The zero-order chi connectivity index (χ0) is 20.5. The Labute approximate surface area is 172 Å². The Hall–Kier alpha value is -3.39. The lowest BCUT2D eigenvalue weighted by Crippen LogP contribution is -2.37. The van der Waals surface area contributed by atoms with Crippen molar-refractivity contribution in [2.75, 3.05) is 19.9 Å². The van der Waals surface area contributed by atoms with Crippen molar-refractivity contribution in [1.82, 2.24) is 14.9 Å². The van der Waals surface area contributed by atoms with E-state index >= 15 is 0 Å². The second kappa shape index (κ2) is 7.79. The standard InChI is InChI=1S/C22H21N3O5/c26-21-16-5-1-2-6-17(16)23-20(24-21)12-25(11-15-4-3-9-28-15)22(27)14-7-8-18-19(10-14)30-13-29-18/h1-2,5-8,10,15H,3-4,9,11-13H2,(H,23,24,26)/t15-/m1/s1. The third-order valence-electron chi connectivity index (χ3n) is 5.36. The van der Waals surface area contributed by atoms with Gasteiger partial charge < -0.3 is 24.1 Å². The first-order valence-electron chi connectivity index (χ1n) is 9.96. The summed E-state index contributed by atoms with van der Waals surface area (Å²) in [6.45, 7) is 1.44. The fourth-order valence-electron chi connectivity index (χ4n) is 3.86. The summed E-state index contributed by atoms with van der Waals surface area (Å²) in [6.07, 6.45) is 1.84. The zero-order valence-electron chi connectivity index (χ0n) is 16.3. The maximum absolute atomic E-state index is 13.3. The van der Waals surface area contributed by atoms with Crippen LogP contribution in [-0.2, 0) is 11.3 Å². The van der Waals surface area contributed by atoms with Crippen molar-refractivity contribution in [2.45, 2.75) is 25.5 Å². The molecule has 1 saturated heterocycles. The van der Waals surface area contributed by atoms with Gasteiger partial charge in [0.1, 0.15) is 5.82 Å². The summed E-state index contributed by atoms with van der Waals surface area (Å²) in [5.41, 5.74) is 0.868.